The van der Waals surface area contributed by atoms with Crippen molar-refractivity contribution in [3.05, 3.63) is 36.7 Å². The summed E-state index contributed by atoms with van der Waals surface area (Å²) in [5.41, 5.74) is 1.22. The van der Waals surface area contributed by atoms with Crippen LogP contribution in [0.3, 0.4) is 0 Å². The lowest BCUT2D eigenvalue weighted by Crippen LogP contribution is -2.04. The highest BCUT2D eigenvalue weighted by Crippen LogP contribution is 2.17. The van der Waals surface area contributed by atoms with E-state index in [9.17, 15) is 4.39 Å². The molecule has 20 heavy (non-hydrogen) atoms. The van der Waals surface area contributed by atoms with Gasteiger partial charge in [-0.25, -0.2) is 14.1 Å². The van der Waals surface area contributed by atoms with E-state index in [1.54, 1.807) is 6.07 Å². The molecule has 0 saturated carbocycles. The SMILES string of the molecule is CCCCCCCNc1ccc(-n2cncn2)c(F)c1. The number of aromatic nitrogens is 3. The molecule has 2 aromatic rings. The van der Waals surface area contributed by atoms with Gasteiger partial charge in [-0.1, -0.05) is 32.6 Å². The minimum absolute atomic E-state index is 0.300. The predicted molar refractivity (Wildman–Crippen MR) is 78.6 cm³/mol. The molecule has 0 aliphatic carbocycles. The van der Waals surface area contributed by atoms with Crippen molar-refractivity contribution in [3.8, 4) is 5.69 Å². The maximum absolute atomic E-state index is 14.0. The molecule has 1 aromatic carbocycles. The maximum Gasteiger partial charge on any atom is 0.150 e. The third kappa shape index (κ3) is 4.05. The van der Waals surface area contributed by atoms with E-state index in [0.29, 0.717) is 5.69 Å². The Kier molecular flexibility index (Phi) is 5.53. The molecule has 1 N–H and O–H groups in total. The summed E-state index contributed by atoms with van der Waals surface area (Å²) in [4.78, 5) is 3.82. The maximum atomic E-state index is 14.0. The first-order valence-electron chi connectivity index (χ1n) is 7.19. The number of rotatable bonds is 8. The predicted octanol–water partition coefficient (Wildman–Crippen LogP) is 3.79. The van der Waals surface area contributed by atoms with Crippen molar-refractivity contribution in [2.24, 2.45) is 0 Å². The fourth-order valence-corrected chi connectivity index (χ4v) is 2.10. The van der Waals surface area contributed by atoms with Gasteiger partial charge in [0, 0.05) is 12.2 Å². The summed E-state index contributed by atoms with van der Waals surface area (Å²) in [5.74, 6) is -0.300. The van der Waals surface area contributed by atoms with Crippen molar-refractivity contribution in [2.75, 3.05) is 11.9 Å². The van der Waals surface area contributed by atoms with E-state index in [2.05, 4.69) is 22.3 Å². The summed E-state index contributed by atoms with van der Waals surface area (Å²) in [6, 6.07) is 5.08. The second kappa shape index (κ2) is 7.62. The van der Waals surface area contributed by atoms with Gasteiger partial charge in [-0.2, -0.15) is 5.10 Å². The molecular formula is C15H21FN4. The summed E-state index contributed by atoms with van der Waals surface area (Å²) in [7, 11) is 0. The summed E-state index contributed by atoms with van der Waals surface area (Å²) in [5, 5.41) is 7.18. The average Bonchev–Trinajstić information content (AvgIpc) is 2.97. The highest BCUT2D eigenvalue weighted by Gasteiger charge is 2.05. The molecule has 4 nitrogen and oxygen atoms in total. The van der Waals surface area contributed by atoms with Crippen LogP contribution in [0.5, 0.6) is 0 Å². The number of benzene rings is 1. The van der Waals surface area contributed by atoms with Crippen LogP contribution in [0.4, 0.5) is 10.1 Å². The summed E-state index contributed by atoms with van der Waals surface area (Å²) >= 11 is 0. The van der Waals surface area contributed by atoms with Gasteiger partial charge in [-0.15, -0.1) is 0 Å². The van der Waals surface area contributed by atoms with E-state index < -0.39 is 0 Å². The molecule has 1 aromatic heterocycles. The van der Waals surface area contributed by atoms with E-state index in [0.717, 1.165) is 18.7 Å². The molecule has 1 heterocycles. The van der Waals surface area contributed by atoms with Gasteiger partial charge in [0.1, 0.15) is 18.3 Å². The van der Waals surface area contributed by atoms with E-state index in [1.807, 2.05) is 6.07 Å². The van der Waals surface area contributed by atoms with Crippen molar-refractivity contribution < 1.29 is 4.39 Å². The highest BCUT2D eigenvalue weighted by atomic mass is 19.1. The average molecular weight is 276 g/mol. The normalized spacial score (nSPS) is 10.7. The summed E-state index contributed by atoms with van der Waals surface area (Å²) < 4.78 is 15.4. The van der Waals surface area contributed by atoms with Crippen molar-refractivity contribution >= 4 is 5.69 Å². The van der Waals surface area contributed by atoms with Gasteiger partial charge in [0.25, 0.3) is 0 Å². The topological polar surface area (TPSA) is 42.7 Å². The number of hydrogen-bond acceptors (Lipinski definition) is 3. The molecule has 0 aliphatic heterocycles. The molecule has 0 bridgehead atoms. The van der Waals surface area contributed by atoms with Crippen LogP contribution in [0.15, 0.2) is 30.9 Å². The fourth-order valence-electron chi connectivity index (χ4n) is 2.10. The molecule has 0 spiro atoms. The monoisotopic (exact) mass is 276 g/mol. The van der Waals surface area contributed by atoms with Gasteiger partial charge in [0.2, 0.25) is 0 Å². The largest absolute Gasteiger partial charge is 0.385 e. The third-order valence-corrected chi connectivity index (χ3v) is 3.22. The van der Waals surface area contributed by atoms with Crippen LogP contribution in [-0.2, 0) is 0 Å². The van der Waals surface area contributed by atoms with E-state index in [-0.39, 0.29) is 5.82 Å². The highest BCUT2D eigenvalue weighted by molar-refractivity contribution is 5.49. The van der Waals surface area contributed by atoms with Gasteiger partial charge in [0.15, 0.2) is 5.82 Å². The quantitative estimate of drug-likeness (QED) is 0.746. The first-order chi connectivity index (χ1) is 9.81. The molecule has 0 amide bonds. The number of nitrogens with one attached hydrogen (secondary N) is 1. The Bertz CT molecular complexity index is 511. The Morgan fingerprint density at radius 2 is 2.05 bits per heavy atom. The molecule has 0 fully saturated rings. The molecule has 0 unspecified atom stereocenters. The van der Waals surface area contributed by atoms with Crippen LogP contribution in [0.2, 0.25) is 0 Å². The number of unbranched alkanes of at least 4 members (excludes halogenated alkanes) is 4. The third-order valence-electron chi connectivity index (χ3n) is 3.22. The molecular weight excluding hydrogens is 255 g/mol. The Morgan fingerprint density at radius 3 is 2.75 bits per heavy atom. The number of nitrogens with zero attached hydrogens (tertiary/aromatic N) is 3. The first-order valence-corrected chi connectivity index (χ1v) is 7.19. The zero-order chi connectivity index (χ0) is 14.2. The second-order valence-electron chi connectivity index (χ2n) is 4.85. The van der Waals surface area contributed by atoms with Crippen LogP contribution < -0.4 is 5.32 Å². The van der Waals surface area contributed by atoms with Crippen LogP contribution in [0.25, 0.3) is 5.69 Å². The zero-order valence-corrected chi connectivity index (χ0v) is 11.8. The van der Waals surface area contributed by atoms with Gasteiger partial charge in [0.05, 0.1) is 0 Å². The Morgan fingerprint density at radius 1 is 1.20 bits per heavy atom. The van der Waals surface area contributed by atoms with Gasteiger partial charge >= 0.3 is 0 Å². The smallest absolute Gasteiger partial charge is 0.150 e. The van der Waals surface area contributed by atoms with Gasteiger partial charge < -0.3 is 5.32 Å². The minimum atomic E-state index is -0.300. The lowest BCUT2D eigenvalue weighted by molar-refractivity contribution is 0.610. The van der Waals surface area contributed by atoms with Crippen LogP contribution in [0, 0.1) is 5.82 Å². The number of halogens is 1. The Balaban J connectivity index is 1.83. The lowest BCUT2D eigenvalue weighted by atomic mass is 10.1. The number of hydrogen-bond donors (Lipinski definition) is 1. The van der Waals surface area contributed by atoms with Gasteiger partial charge in [-0.05, 0) is 24.6 Å². The van der Waals surface area contributed by atoms with E-state index in [1.165, 1.54) is 49.1 Å². The Labute approximate surface area is 119 Å². The van der Waals surface area contributed by atoms with E-state index >= 15 is 0 Å². The van der Waals surface area contributed by atoms with Crippen LogP contribution in [-0.4, -0.2) is 21.3 Å². The Hall–Kier alpha value is -1.91. The molecule has 108 valence electrons. The summed E-state index contributed by atoms with van der Waals surface area (Å²) in [6.07, 6.45) is 9.04. The molecule has 0 atom stereocenters. The minimum Gasteiger partial charge on any atom is -0.385 e. The first kappa shape index (κ1) is 14.5. The zero-order valence-electron chi connectivity index (χ0n) is 11.8. The summed E-state index contributed by atoms with van der Waals surface area (Å²) in [6.45, 7) is 3.09. The van der Waals surface area contributed by atoms with Crippen LogP contribution >= 0.6 is 0 Å². The lowest BCUT2D eigenvalue weighted by Gasteiger charge is -2.08. The molecule has 0 saturated heterocycles. The van der Waals surface area contributed by atoms with Crippen LogP contribution in [0.1, 0.15) is 39.0 Å². The van der Waals surface area contributed by atoms with Gasteiger partial charge in [-0.3, -0.25) is 0 Å². The molecule has 2 rings (SSSR count). The van der Waals surface area contributed by atoms with Crippen molar-refractivity contribution in [1.82, 2.24) is 14.8 Å². The van der Waals surface area contributed by atoms with Crippen molar-refractivity contribution in [2.45, 2.75) is 39.0 Å². The van der Waals surface area contributed by atoms with E-state index in [4.69, 9.17) is 0 Å². The van der Waals surface area contributed by atoms with Crippen molar-refractivity contribution in [3.63, 3.8) is 0 Å². The number of anilines is 1. The standard InChI is InChI=1S/C15H21FN4/c1-2-3-4-5-6-9-18-13-7-8-15(14(16)10-13)20-12-17-11-19-20/h7-8,10-12,18H,2-6,9H2,1H3. The molecule has 0 radical (unpaired) electrons. The fraction of sp³-hybridized carbons (Fsp3) is 0.467. The second-order valence-corrected chi connectivity index (χ2v) is 4.85. The molecule has 5 heteroatoms. The van der Waals surface area contributed by atoms with Crippen molar-refractivity contribution in [1.29, 1.82) is 0 Å². The molecule has 0 aliphatic rings.